The maximum atomic E-state index is 11.8. The third-order valence-electron chi connectivity index (χ3n) is 2.31. The molecule has 76 valence electrons. The standard InChI is InChI=1S/C9H13N3O2/c1-7-6-12(4-3-10-7)9(13)8-2-5-14-11-8/h2,5,7,10H,3-4,6H2,1H3. The highest BCUT2D eigenvalue weighted by Gasteiger charge is 2.22. The van der Waals surface area contributed by atoms with Crippen molar-refractivity contribution >= 4 is 5.91 Å². The Morgan fingerprint density at radius 3 is 3.29 bits per heavy atom. The first-order chi connectivity index (χ1) is 6.77. The van der Waals surface area contributed by atoms with Gasteiger partial charge in [0.05, 0.1) is 0 Å². The van der Waals surface area contributed by atoms with E-state index in [9.17, 15) is 4.79 Å². The molecule has 1 aliphatic heterocycles. The van der Waals surface area contributed by atoms with Gasteiger partial charge in [0.2, 0.25) is 0 Å². The molecule has 14 heavy (non-hydrogen) atoms. The summed E-state index contributed by atoms with van der Waals surface area (Å²) >= 11 is 0. The quantitative estimate of drug-likeness (QED) is 0.691. The van der Waals surface area contributed by atoms with E-state index in [0.717, 1.165) is 19.6 Å². The van der Waals surface area contributed by atoms with Gasteiger partial charge in [0.25, 0.3) is 5.91 Å². The summed E-state index contributed by atoms with van der Waals surface area (Å²) < 4.78 is 4.64. The predicted octanol–water partition coefficient (Wildman–Crippen LogP) is 0.109. The van der Waals surface area contributed by atoms with Crippen LogP contribution in [0, 0.1) is 0 Å². The SMILES string of the molecule is CC1CN(C(=O)c2ccon2)CCN1. The third kappa shape index (κ3) is 1.77. The Labute approximate surface area is 82.1 Å². The summed E-state index contributed by atoms with van der Waals surface area (Å²) in [6, 6.07) is 1.94. The van der Waals surface area contributed by atoms with Crippen molar-refractivity contribution in [2.24, 2.45) is 0 Å². The average molecular weight is 195 g/mol. The van der Waals surface area contributed by atoms with Gasteiger partial charge in [0.1, 0.15) is 6.26 Å². The van der Waals surface area contributed by atoms with Crippen LogP contribution in [-0.4, -0.2) is 41.6 Å². The number of nitrogens with one attached hydrogen (secondary N) is 1. The van der Waals surface area contributed by atoms with Gasteiger partial charge in [-0.25, -0.2) is 0 Å². The largest absolute Gasteiger partial charge is 0.364 e. The summed E-state index contributed by atoms with van der Waals surface area (Å²) in [5, 5.41) is 6.90. The summed E-state index contributed by atoms with van der Waals surface area (Å²) in [6.45, 7) is 4.36. The van der Waals surface area contributed by atoms with Crippen LogP contribution in [0.5, 0.6) is 0 Å². The zero-order chi connectivity index (χ0) is 9.97. The number of carbonyl (C=O) groups excluding carboxylic acids is 1. The molecule has 1 aliphatic rings. The molecule has 1 fully saturated rings. The Kier molecular flexibility index (Phi) is 2.49. The van der Waals surface area contributed by atoms with Crippen LogP contribution in [0.1, 0.15) is 17.4 Å². The maximum absolute atomic E-state index is 11.8. The van der Waals surface area contributed by atoms with Gasteiger partial charge in [-0.15, -0.1) is 0 Å². The summed E-state index contributed by atoms with van der Waals surface area (Å²) in [5.41, 5.74) is 0.388. The highest BCUT2D eigenvalue weighted by molar-refractivity contribution is 5.92. The lowest BCUT2D eigenvalue weighted by molar-refractivity contribution is 0.0698. The van der Waals surface area contributed by atoms with Crippen LogP contribution in [0.25, 0.3) is 0 Å². The van der Waals surface area contributed by atoms with Crippen LogP contribution < -0.4 is 5.32 Å². The predicted molar refractivity (Wildman–Crippen MR) is 49.9 cm³/mol. The minimum absolute atomic E-state index is 0.0490. The molecule has 1 aromatic heterocycles. The van der Waals surface area contributed by atoms with Crippen LogP contribution in [0.4, 0.5) is 0 Å². The van der Waals surface area contributed by atoms with Gasteiger partial charge in [0.15, 0.2) is 5.69 Å². The smallest absolute Gasteiger partial charge is 0.276 e. The van der Waals surface area contributed by atoms with E-state index in [-0.39, 0.29) is 5.91 Å². The molecule has 2 rings (SSSR count). The molecule has 0 aliphatic carbocycles. The topological polar surface area (TPSA) is 58.4 Å². The molecule has 1 saturated heterocycles. The summed E-state index contributed by atoms with van der Waals surface area (Å²) in [7, 11) is 0. The molecule has 0 bridgehead atoms. The number of hydrogen-bond acceptors (Lipinski definition) is 4. The second kappa shape index (κ2) is 3.79. The molecule has 5 nitrogen and oxygen atoms in total. The number of carbonyl (C=O) groups is 1. The molecule has 1 amide bonds. The van der Waals surface area contributed by atoms with Crippen LogP contribution in [0.15, 0.2) is 16.9 Å². The van der Waals surface area contributed by atoms with Crippen molar-refractivity contribution in [3.8, 4) is 0 Å². The van der Waals surface area contributed by atoms with Crippen LogP contribution in [0.3, 0.4) is 0 Å². The number of aromatic nitrogens is 1. The Bertz CT molecular complexity index is 310. The van der Waals surface area contributed by atoms with E-state index in [2.05, 4.69) is 21.9 Å². The molecule has 5 heteroatoms. The molecule has 1 unspecified atom stereocenters. The molecule has 0 radical (unpaired) electrons. The van der Waals surface area contributed by atoms with Crippen LogP contribution in [-0.2, 0) is 0 Å². The molecular weight excluding hydrogens is 182 g/mol. The van der Waals surface area contributed by atoms with Crippen molar-refractivity contribution in [1.29, 1.82) is 0 Å². The molecule has 1 atom stereocenters. The zero-order valence-corrected chi connectivity index (χ0v) is 8.06. The van der Waals surface area contributed by atoms with E-state index in [1.54, 1.807) is 11.0 Å². The van der Waals surface area contributed by atoms with E-state index in [1.807, 2.05) is 0 Å². The minimum Gasteiger partial charge on any atom is -0.364 e. The van der Waals surface area contributed by atoms with Gasteiger partial charge >= 0.3 is 0 Å². The second-order valence-electron chi connectivity index (χ2n) is 3.49. The van der Waals surface area contributed by atoms with E-state index in [0.29, 0.717) is 11.7 Å². The molecule has 1 aromatic rings. The van der Waals surface area contributed by atoms with Crippen LogP contribution in [0.2, 0.25) is 0 Å². The van der Waals surface area contributed by atoms with Gasteiger partial charge in [-0.2, -0.15) is 0 Å². The number of amides is 1. The summed E-state index contributed by atoms with van der Waals surface area (Å²) in [6.07, 6.45) is 1.42. The van der Waals surface area contributed by atoms with E-state index in [4.69, 9.17) is 0 Å². The molecule has 0 spiro atoms. The first-order valence-corrected chi connectivity index (χ1v) is 4.70. The molecule has 0 aromatic carbocycles. The lowest BCUT2D eigenvalue weighted by Crippen LogP contribution is -2.51. The van der Waals surface area contributed by atoms with Crippen molar-refractivity contribution < 1.29 is 9.32 Å². The second-order valence-corrected chi connectivity index (χ2v) is 3.49. The Morgan fingerprint density at radius 2 is 2.64 bits per heavy atom. The van der Waals surface area contributed by atoms with Crippen molar-refractivity contribution in [2.45, 2.75) is 13.0 Å². The fourth-order valence-corrected chi connectivity index (χ4v) is 1.60. The molecular formula is C9H13N3O2. The van der Waals surface area contributed by atoms with Crippen molar-refractivity contribution in [1.82, 2.24) is 15.4 Å². The number of rotatable bonds is 1. The monoisotopic (exact) mass is 195 g/mol. The van der Waals surface area contributed by atoms with Crippen LogP contribution >= 0.6 is 0 Å². The van der Waals surface area contributed by atoms with E-state index >= 15 is 0 Å². The van der Waals surface area contributed by atoms with E-state index < -0.39 is 0 Å². The maximum Gasteiger partial charge on any atom is 0.276 e. The minimum atomic E-state index is -0.0490. The van der Waals surface area contributed by atoms with Crippen molar-refractivity contribution in [2.75, 3.05) is 19.6 Å². The lowest BCUT2D eigenvalue weighted by atomic mass is 10.2. The molecule has 1 N–H and O–H groups in total. The first-order valence-electron chi connectivity index (χ1n) is 4.70. The first kappa shape index (κ1) is 9.21. The van der Waals surface area contributed by atoms with Gasteiger partial charge in [-0.1, -0.05) is 5.16 Å². The molecule has 2 heterocycles. The number of hydrogen-bond donors (Lipinski definition) is 1. The Balaban J connectivity index is 2.04. The Morgan fingerprint density at radius 1 is 1.79 bits per heavy atom. The average Bonchev–Trinajstić information content (AvgIpc) is 2.69. The fourth-order valence-electron chi connectivity index (χ4n) is 1.60. The zero-order valence-electron chi connectivity index (χ0n) is 8.06. The van der Waals surface area contributed by atoms with Crippen molar-refractivity contribution in [3.63, 3.8) is 0 Å². The van der Waals surface area contributed by atoms with Gasteiger partial charge in [-0.3, -0.25) is 4.79 Å². The van der Waals surface area contributed by atoms with Gasteiger partial charge in [-0.05, 0) is 6.92 Å². The fraction of sp³-hybridized carbons (Fsp3) is 0.556. The number of nitrogens with zero attached hydrogens (tertiary/aromatic N) is 2. The van der Waals surface area contributed by atoms with Gasteiger partial charge < -0.3 is 14.7 Å². The highest BCUT2D eigenvalue weighted by atomic mass is 16.5. The van der Waals surface area contributed by atoms with Gasteiger partial charge in [0, 0.05) is 31.7 Å². The number of piperazine rings is 1. The summed E-state index contributed by atoms with van der Waals surface area (Å²) in [5.74, 6) is -0.0490. The molecule has 0 saturated carbocycles. The lowest BCUT2D eigenvalue weighted by Gasteiger charge is -2.31. The van der Waals surface area contributed by atoms with Crippen molar-refractivity contribution in [3.05, 3.63) is 18.0 Å². The Hall–Kier alpha value is -1.36. The van der Waals surface area contributed by atoms with E-state index in [1.165, 1.54) is 6.26 Å². The third-order valence-corrected chi connectivity index (χ3v) is 2.31. The summed E-state index contributed by atoms with van der Waals surface area (Å²) in [4.78, 5) is 13.6. The normalized spacial score (nSPS) is 22.4. The highest BCUT2D eigenvalue weighted by Crippen LogP contribution is 2.05.